The number of aliphatic hydroxyl groups is 1. The first-order chi connectivity index (χ1) is 17.0. The van der Waals surface area contributed by atoms with Crippen molar-refractivity contribution < 1.29 is 19.4 Å². The van der Waals surface area contributed by atoms with Crippen LogP contribution in [0.4, 0.5) is 0 Å². The molecule has 0 saturated carbocycles. The Kier molecular flexibility index (Phi) is 8.66. The lowest BCUT2D eigenvalue weighted by Crippen LogP contribution is -2.37. The molecule has 35 heavy (non-hydrogen) atoms. The molecule has 1 aliphatic heterocycles. The molecular formula is C29H34N2O4. The van der Waals surface area contributed by atoms with Gasteiger partial charge in [-0.25, -0.2) is 0 Å². The number of benzene rings is 3. The maximum Gasteiger partial charge on any atom is 0.217 e. The van der Waals surface area contributed by atoms with Crippen molar-refractivity contribution in [3.63, 3.8) is 0 Å². The molecule has 1 heterocycles. The summed E-state index contributed by atoms with van der Waals surface area (Å²) in [6.07, 6.45) is 0.130. The molecule has 0 unspecified atom stereocenters. The van der Waals surface area contributed by atoms with Crippen molar-refractivity contribution in [2.24, 2.45) is 0 Å². The molecule has 6 heteroatoms. The quantitative estimate of drug-likeness (QED) is 0.478. The van der Waals surface area contributed by atoms with E-state index in [1.165, 1.54) is 12.5 Å². The van der Waals surface area contributed by atoms with Crippen LogP contribution in [0.25, 0.3) is 0 Å². The summed E-state index contributed by atoms with van der Waals surface area (Å²) in [6.45, 7) is 3.66. The third-order valence-corrected chi connectivity index (χ3v) is 6.22. The number of likely N-dealkylation sites (N-methyl/N-ethyl adjacent to an activating group) is 1. The van der Waals surface area contributed by atoms with Crippen LogP contribution in [-0.2, 0) is 34.0 Å². The number of aliphatic hydroxyl groups excluding tert-OH is 1. The van der Waals surface area contributed by atoms with Gasteiger partial charge in [-0.05, 0) is 29.3 Å². The molecule has 1 amide bonds. The van der Waals surface area contributed by atoms with Gasteiger partial charge in [-0.1, -0.05) is 78.9 Å². The summed E-state index contributed by atoms with van der Waals surface area (Å²) >= 11 is 0. The molecule has 0 spiro atoms. The van der Waals surface area contributed by atoms with Crippen molar-refractivity contribution >= 4 is 5.91 Å². The number of nitrogens with zero attached hydrogens (tertiary/aromatic N) is 1. The fraction of sp³-hybridized carbons (Fsp3) is 0.345. The van der Waals surface area contributed by atoms with Gasteiger partial charge in [0, 0.05) is 38.5 Å². The van der Waals surface area contributed by atoms with Crippen LogP contribution in [0.3, 0.4) is 0 Å². The molecule has 1 fully saturated rings. The summed E-state index contributed by atoms with van der Waals surface area (Å²) in [4.78, 5) is 13.5. The minimum absolute atomic E-state index is 0.0102. The fourth-order valence-electron chi connectivity index (χ4n) is 4.36. The standard InChI is InChI=1S/C29H34N2O4/c1-21(33)30-17-22-8-14-26(15-9-22)29-34-27(19-31(2)18-23-6-4-3-5-7-23)16-28(35-29)25-12-10-24(20-32)11-13-25/h3-15,27-29,32H,16-20H2,1-2H3,(H,30,33)/t27-,28+,29+/m1/s1. The molecule has 6 nitrogen and oxygen atoms in total. The second-order valence-corrected chi connectivity index (χ2v) is 9.18. The van der Waals surface area contributed by atoms with Crippen molar-refractivity contribution in [3.8, 4) is 0 Å². The summed E-state index contributed by atoms with van der Waals surface area (Å²) in [7, 11) is 2.11. The predicted octanol–water partition coefficient (Wildman–Crippen LogP) is 4.49. The Morgan fingerprint density at radius 3 is 2.23 bits per heavy atom. The Bertz CT molecular complexity index is 1070. The van der Waals surface area contributed by atoms with Gasteiger partial charge in [0.25, 0.3) is 0 Å². The number of ether oxygens (including phenoxy) is 2. The molecule has 184 valence electrons. The highest BCUT2D eigenvalue weighted by Crippen LogP contribution is 2.38. The molecule has 3 aromatic carbocycles. The van der Waals surface area contributed by atoms with Crippen LogP contribution in [0, 0.1) is 0 Å². The second kappa shape index (κ2) is 12.1. The maximum atomic E-state index is 11.2. The van der Waals surface area contributed by atoms with Crippen LogP contribution in [0.5, 0.6) is 0 Å². The van der Waals surface area contributed by atoms with Gasteiger partial charge in [-0.15, -0.1) is 0 Å². The van der Waals surface area contributed by atoms with Gasteiger partial charge >= 0.3 is 0 Å². The molecule has 2 N–H and O–H groups in total. The maximum absolute atomic E-state index is 11.2. The average molecular weight is 475 g/mol. The van der Waals surface area contributed by atoms with E-state index in [1.807, 2.05) is 54.6 Å². The van der Waals surface area contributed by atoms with Gasteiger partial charge in [0.2, 0.25) is 5.91 Å². The van der Waals surface area contributed by atoms with E-state index < -0.39 is 6.29 Å². The Labute approximate surface area is 207 Å². The van der Waals surface area contributed by atoms with E-state index >= 15 is 0 Å². The van der Waals surface area contributed by atoms with Gasteiger partial charge in [0.05, 0.1) is 18.8 Å². The van der Waals surface area contributed by atoms with E-state index in [0.717, 1.165) is 41.8 Å². The Hall–Kier alpha value is -3.03. The summed E-state index contributed by atoms with van der Waals surface area (Å²) in [6, 6.07) is 26.4. The molecule has 3 atom stereocenters. The minimum Gasteiger partial charge on any atom is -0.392 e. The van der Waals surface area contributed by atoms with E-state index in [4.69, 9.17) is 9.47 Å². The SMILES string of the molecule is CC(=O)NCc1ccc([C@H]2O[C@@H](CN(C)Cc3ccccc3)C[C@@H](c3ccc(CO)cc3)O2)cc1. The Morgan fingerprint density at radius 2 is 1.57 bits per heavy atom. The van der Waals surface area contributed by atoms with Gasteiger partial charge in [-0.3, -0.25) is 9.69 Å². The molecule has 3 aromatic rings. The predicted molar refractivity (Wildman–Crippen MR) is 135 cm³/mol. The van der Waals surface area contributed by atoms with E-state index in [9.17, 15) is 9.90 Å². The zero-order valence-electron chi connectivity index (χ0n) is 20.4. The van der Waals surface area contributed by atoms with Crippen molar-refractivity contribution in [2.45, 2.75) is 51.5 Å². The number of hydrogen-bond acceptors (Lipinski definition) is 5. The van der Waals surface area contributed by atoms with Crippen LogP contribution < -0.4 is 5.32 Å². The molecule has 0 radical (unpaired) electrons. The van der Waals surface area contributed by atoms with Crippen LogP contribution in [0.1, 0.15) is 53.6 Å². The highest BCUT2D eigenvalue weighted by molar-refractivity contribution is 5.72. The minimum atomic E-state index is -0.490. The normalized spacial score (nSPS) is 20.1. The molecule has 0 aromatic heterocycles. The lowest BCUT2D eigenvalue weighted by atomic mass is 9.99. The fourth-order valence-corrected chi connectivity index (χ4v) is 4.36. The van der Waals surface area contributed by atoms with Gasteiger partial charge in [0.15, 0.2) is 6.29 Å². The van der Waals surface area contributed by atoms with Crippen LogP contribution in [0.15, 0.2) is 78.9 Å². The van der Waals surface area contributed by atoms with E-state index in [1.54, 1.807) is 0 Å². The van der Waals surface area contributed by atoms with Crippen molar-refractivity contribution in [1.29, 1.82) is 0 Å². The third kappa shape index (κ3) is 7.23. The molecule has 0 aliphatic carbocycles. The number of carbonyl (C=O) groups is 1. The molecule has 4 rings (SSSR count). The molecule has 1 aliphatic rings. The first kappa shape index (κ1) is 25.1. The number of rotatable bonds is 9. The number of carbonyl (C=O) groups excluding carboxylic acids is 1. The van der Waals surface area contributed by atoms with E-state index in [2.05, 4.69) is 41.5 Å². The highest BCUT2D eigenvalue weighted by Gasteiger charge is 2.32. The third-order valence-electron chi connectivity index (χ3n) is 6.22. The smallest absolute Gasteiger partial charge is 0.217 e. The monoisotopic (exact) mass is 474 g/mol. The van der Waals surface area contributed by atoms with Gasteiger partial charge < -0.3 is 19.9 Å². The summed E-state index contributed by atoms with van der Waals surface area (Å²) in [5.41, 5.74) is 5.20. The first-order valence-corrected chi connectivity index (χ1v) is 12.1. The Morgan fingerprint density at radius 1 is 0.914 bits per heavy atom. The van der Waals surface area contributed by atoms with E-state index in [-0.39, 0.29) is 24.7 Å². The van der Waals surface area contributed by atoms with Crippen LogP contribution >= 0.6 is 0 Å². The van der Waals surface area contributed by atoms with E-state index in [0.29, 0.717) is 6.54 Å². The molecular weight excluding hydrogens is 440 g/mol. The summed E-state index contributed by atoms with van der Waals surface area (Å²) in [5.74, 6) is -0.0504. The molecule has 1 saturated heterocycles. The Balaban J connectivity index is 1.49. The number of hydrogen-bond donors (Lipinski definition) is 2. The summed E-state index contributed by atoms with van der Waals surface area (Å²) < 4.78 is 12.9. The van der Waals surface area contributed by atoms with Gasteiger partial charge in [0.1, 0.15) is 0 Å². The van der Waals surface area contributed by atoms with Crippen molar-refractivity contribution in [1.82, 2.24) is 10.2 Å². The van der Waals surface area contributed by atoms with Gasteiger partial charge in [-0.2, -0.15) is 0 Å². The molecule has 0 bridgehead atoms. The topological polar surface area (TPSA) is 71.0 Å². The van der Waals surface area contributed by atoms with Crippen LogP contribution in [-0.4, -0.2) is 35.6 Å². The van der Waals surface area contributed by atoms with Crippen LogP contribution in [0.2, 0.25) is 0 Å². The lowest BCUT2D eigenvalue weighted by Gasteiger charge is -2.38. The number of nitrogens with one attached hydrogen (secondary N) is 1. The first-order valence-electron chi connectivity index (χ1n) is 12.1. The summed E-state index contributed by atoms with van der Waals surface area (Å²) in [5, 5.41) is 12.2. The average Bonchev–Trinajstić information content (AvgIpc) is 2.88. The van der Waals surface area contributed by atoms with Crippen molar-refractivity contribution in [2.75, 3.05) is 13.6 Å². The number of amides is 1. The lowest BCUT2D eigenvalue weighted by molar-refractivity contribution is -0.252. The largest absolute Gasteiger partial charge is 0.392 e. The zero-order chi connectivity index (χ0) is 24.6. The highest BCUT2D eigenvalue weighted by atomic mass is 16.7. The second-order valence-electron chi connectivity index (χ2n) is 9.18. The van der Waals surface area contributed by atoms with Crippen molar-refractivity contribution in [3.05, 3.63) is 107 Å². The zero-order valence-corrected chi connectivity index (χ0v) is 20.4.